The fourth-order valence-corrected chi connectivity index (χ4v) is 3.31. The predicted molar refractivity (Wildman–Crippen MR) is 99.5 cm³/mol. The van der Waals surface area contributed by atoms with Crippen LogP contribution in [0.2, 0.25) is 0 Å². The Kier molecular flexibility index (Phi) is 9.54. The topological polar surface area (TPSA) is 18.5 Å². The van der Waals surface area contributed by atoms with Crippen LogP contribution in [0.25, 0.3) is 0 Å². The molecule has 0 rings (SSSR count). The fraction of sp³-hybridized carbons (Fsp3) is 1.00. The number of rotatable bonds is 5. The highest BCUT2D eigenvalue weighted by Gasteiger charge is 2.26. The lowest BCUT2D eigenvalue weighted by Crippen LogP contribution is -2.32. The van der Waals surface area contributed by atoms with E-state index in [1.807, 2.05) is 0 Å². The van der Waals surface area contributed by atoms with Gasteiger partial charge in [0.25, 0.3) is 0 Å². The SMILES string of the molecule is CC(C)OC(C)(C)CC(C)(C)C.COC(C)(C)CC(C)(C)C. The van der Waals surface area contributed by atoms with Crippen molar-refractivity contribution in [1.82, 2.24) is 0 Å². The van der Waals surface area contributed by atoms with E-state index in [2.05, 4.69) is 83.1 Å². The monoisotopic (exact) mass is 316 g/mol. The minimum Gasteiger partial charge on any atom is -0.379 e. The Morgan fingerprint density at radius 1 is 0.636 bits per heavy atom. The zero-order valence-corrected chi connectivity index (χ0v) is 17.8. The van der Waals surface area contributed by atoms with Crippen LogP contribution in [0.15, 0.2) is 0 Å². The highest BCUT2D eigenvalue weighted by atomic mass is 16.5. The Morgan fingerprint density at radius 3 is 1.14 bits per heavy atom. The van der Waals surface area contributed by atoms with Crippen molar-refractivity contribution in [2.75, 3.05) is 7.11 Å². The van der Waals surface area contributed by atoms with Gasteiger partial charge in [-0.2, -0.15) is 0 Å². The number of hydrogen-bond donors (Lipinski definition) is 0. The first-order valence-corrected chi connectivity index (χ1v) is 8.62. The molecule has 0 fully saturated rings. The van der Waals surface area contributed by atoms with Gasteiger partial charge in [0.2, 0.25) is 0 Å². The quantitative estimate of drug-likeness (QED) is 0.578. The van der Waals surface area contributed by atoms with Crippen molar-refractivity contribution < 1.29 is 9.47 Å². The molecule has 22 heavy (non-hydrogen) atoms. The third-order valence-corrected chi connectivity index (χ3v) is 3.02. The smallest absolute Gasteiger partial charge is 0.0635 e. The van der Waals surface area contributed by atoms with Gasteiger partial charge in [0, 0.05) is 7.11 Å². The van der Waals surface area contributed by atoms with Gasteiger partial charge in [-0.25, -0.2) is 0 Å². The second kappa shape index (κ2) is 8.68. The summed E-state index contributed by atoms with van der Waals surface area (Å²) in [6.07, 6.45) is 2.51. The molecule has 0 saturated carbocycles. The van der Waals surface area contributed by atoms with Gasteiger partial charge in [0.1, 0.15) is 0 Å². The summed E-state index contributed by atoms with van der Waals surface area (Å²) in [4.78, 5) is 0. The molecule has 2 heteroatoms. The van der Waals surface area contributed by atoms with Gasteiger partial charge in [-0.3, -0.25) is 0 Å². The molecule has 0 aliphatic carbocycles. The molecule has 2 nitrogen and oxygen atoms in total. The summed E-state index contributed by atoms with van der Waals surface area (Å²) >= 11 is 0. The van der Waals surface area contributed by atoms with Crippen molar-refractivity contribution in [2.45, 2.75) is 113 Å². The summed E-state index contributed by atoms with van der Waals surface area (Å²) in [5.74, 6) is 0. The largest absolute Gasteiger partial charge is 0.379 e. The van der Waals surface area contributed by atoms with E-state index >= 15 is 0 Å². The lowest BCUT2D eigenvalue weighted by atomic mass is 9.83. The van der Waals surface area contributed by atoms with E-state index < -0.39 is 0 Å². The molecule has 0 radical (unpaired) electrons. The summed E-state index contributed by atoms with van der Waals surface area (Å²) in [7, 11) is 1.77. The summed E-state index contributed by atoms with van der Waals surface area (Å²) in [6, 6.07) is 0. The summed E-state index contributed by atoms with van der Waals surface area (Å²) in [5, 5.41) is 0. The summed E-state index contributed by atoms with van der Waals surface area (Å²) < 4.78 is 11.1. The first-order chi connectivity index (χ1) is 9.39. The normalized spacial score (nSPS) is 13.9. The van der Waals surface area contributed by atoms with E-state index in [0.717, 1.165) is 12.8 Å². The highest BCUT2D eigenvalue weighted by molar-refractivity contribution is 4.77. The molecule has 136 valence electrons. The molecule has 0 atom stereocenters. The molecule has 0 aromatic rings. The predicted octanol–water partition coefficient (Wildman–Crippen LogP) is 6.47. The van der Waals surface area contributed by atoms with Gasteiger partial charge in [0.15, 0.2) is 0 Å². The molecule has 0 aliphatic rings. The Bertz CT molecular complexity index is 288. The second-order valence-corrected chi connectivity index (χ2v) is 10.4. The van der Waals surface area contributed by atoms with E-state index in [-0.39, 0.29) is 11.2 Å². The zero-order valence-electron chi connectivity index (χ0n) is 17.8. The maximum absolute atomic E-state index is 5.81. The minimum absolute atomic E-state index is 0.00637. The average Bonchev–Trinajstić information content (AvgIpc) is 2.07. The Hall–Kier alpha value is -0.0800. The Balaban J connectivity index is 0. The van der Waals surface area contributed by atoms with Crippen molar-refractivity contribution in [1.29, 1.82) is 0 Å². The van der Waals surface area contributed by atoms with Crippen LogP contribution in [0, 0.1) is 10.8 Å². The van der Waals surface area contributed by atoms with Gasteiger partial charge in [0.05, 0.1) is 17.3 Å². The van der Waals surface area contributed by atoms with Gasteiger partial charge < -0.3 is 9.47 Å². The summed E-state index contributed by atoms with van der Waals surface area (Å²) in [6.45, 7) is 26.2. The number of hydrogen-bond acceptors (Lipinski definition) is 2. The van der Waals surface area contributed by atoms with Crippen LogP contribution in [0.5, 0.6) is 0 Å². The third kappa shape index (κ3) is 18.0. The van der Waals surface area contributed by atoms with Crippen molar-refractivity contribution >= 4 is 0 Å². The van der Waals surface area contributed by atoms with Crippen LogP contribution < -0.4 is 0 Å². The highest BCUT2D eigenvalue weighted by Crippen LogP contribution is 2.30. The maximum atomic E-state index is 5.81. The van der Waals surface area contributed by atoms with E-state index in [9.17, 15) is 0 Å². The number of ether oxygens (including phenoxy) is 2. The van der Waals surface area contributed by atoms with Crippen molar-refractivity contribution in [3.05, 3.63) is 0 Å². The lowest BCUT2D eigenvalue weighted by Gasteiger charge is -2.34. The fourth-order valence-electron chi connectivity index (χ4n) is 3.31. The molecule has 0 aliphatic heterocycles. The van der Waals surface area contributed by atoms with E-state index in [1.54, 1.807) is 7.11 Å². The molecule has 0 N–H and O–H groups in total. The Morgan fingerprint density at radius 2 is 0.955 bits per heavy atom. The molecule has 0 unspecified atom stereocenters. The van der Waals surface area contributed by atoms with Crippen LogP contribution in [-0.4, -0.2) is 24.4 Å². The van der Waals surface area contributed by atoms with Crippen molar-refractivity contribution in [3.63, 3.8) is 0 Å². The summed E-state index contributed by atoms with van der Waals surface area (Å²) in [5.41, 5.74) is 0.739. The van der Waals surface area contributed by atoms with Crippen molar-refractivity contribution in [3.8, 4) is 0 Å². The van der Waals surface area contributed by atoms with E-state index in [1.165, 1.54) is 0 Å². The lowest BCUT2D eigenvalue weighted by molar-refractivity contribution is -0.0762. The molecule has 0 heterocycles. The number of methoxy groups -OCH3 is 1. The third-order valence-electron chi connectivity index (χ3n) is 3.02. The molecule has 0 aromatic carbocycles. The van der Waals surface area contributed by atoms with Gasteiger partial charge in [-0.05, 0) is 65.2 Å². The molecular weight excluding hydrogens is 272 g/mol. The molecule has 0 bridgehead atoms. The van der Waals surface area contributed by atoms with E-state index in [4.69, 9.17) is 9.47 Å². The Labute approximate surface area is 141 Å². The van der Waals surface area contributed by atoms with Crippen LogP contribution in [0.1, 0.15) is 95.9 Å². The molecule has 0 amide bonds. The maximum Gasteiger partial charge on any atom is 0.0635 e. The first-order valence-electron chi connectivity index (χ1n) is 8.62. The van der Waals surface area contributed by atoms with Gasteiger partial charge in [-0.15, -0.1) is 0 Å². The zero-order chi connectivity index (χ0) is 18.4. The van der Waals surface area contributed by atoms with Crippen LogP contribution in [-0.2, 0) is 9.47 Å². The average molecular weight is 317 g/mol. The van der Waals surface area contributed by atoms with Gasteiger partial charge in [-0.1, -0.05) is 41.5 Å². The second-order valence-electron chi connectivity index (χ2n) is 10.4. The molecular formula is C20H44O2. The molecule has 0 spiro atoms. The van der Waals surface area contributed by atoms with Crippen molar-refractivity contribution in [2.24, 2.45) is 10.8 Å². The van der Waals surface area contributed by atoms with Gasteiger partial charge >= 0.3 is 0 Å². The first kappa shape index (κ1) is 24.2. The molecule has 0 aromatic heterocycles. The van der Waals surface area contributed by atoms with Crippen LogP contribution in [0.3, 0.4) is 0 Å². The van der Waals surface area contributed by atoms with Crippen LogP contribution >= 0.6 is 0 Å². The van der Waals surface area contributed by atoms with E-state index in [0.29, 0.717) is 16.9 Å². The molecule has 0 saturated heterocycles. The standard InChI is InChI=1S/C11H24O.C9H20O/c1-9(2)12-11(6,7)8-10(3,4)5;1-8(2,3)7-9(4,5)10-6/h9H,8H2,1-7H3;7H2,1-6H3. The minimum atomic E-state index is 0.00637. The van der Waals surface area contributed by atoms with Crippen LogP contribution in [0.4, 0.5) is 0 Å².